The zero-order valence-corrected chi connectivity index (χ0v) is 13.9. The Balaban J connectivity index is 2.33. The van der Waals surface area contributed by atoms with E-state index in [2.05, 4.69) is 17.2 Å². The summed E-state index contributed by atoms with van der Waals surface area (Å²) in [6.45, 7) is 6.11. The van der Waals surface area contributed by atoms with Crippen LogP contribution in [-0.2, 0) is 0 Å². The Bertz CT molecular complexity index is 652. The maximum absolute atomic E-state index is 6.17. The van der Waals surface area contributed by atoms with E-state index in [1.165, 1.54) is 4.88 Å². The zero-order chi connectivity index (χ0) is 14.9. The van der Waals surface area contributed by atoms with Crippen LogP contribution < -0.4 is 11.1 Å². The van der Waals surface area contributed by atoms with Gasteiger partial charge in [-0.25, -0.2) is 4.98 Å². The number of halogens is 1. The molecular formula is C14H16ClN3S2. The van der Waals surface area contributed by atoms with E-state index in [0.29, 0.717) is 15.6 Å². The minimum absolute atomic E-state index is 0.118. The van der Waals surface area contributed by atoms with Gasteiger partial charge >= 0.3 is 0 Å². The fourth-order valence-corrected chi connectivity index (χ4v) is 3.62. The Hall–Kier alpha value is -1.17. The number of nitrogens with two attached hydrogens (primary N) is 1. The first kappa shape index (κ1) is 15.2. The molecule has 0 radical (unpaired) electrons. The summed E-state index contributed by atoms with van der Waals surface area (Å²) < 4.78 is 0. The van der Waals surface area contributed by atoms with Crippen LogP contribution in [0.25, 0.3) is 0 Å². The van der Waals surface area contributed by atoms with E-state index >= 15 is 0 Å². The molecule has 2 rings (SSSR count). The van der Waals surface area contributed by atoms with Gasteiger partial charge in [-0.3, -0.25) is 0 Å². The van der Waals surface area contributed by atoms with Crippen molar-refractivity contribution in [3.05, 3.63) is 44.4 Å². The van der Waals surface area contributed by atoms with Crippen LogP contribution in [-0.4, -0.2) is 9.97 Å². The van der Waals surface area contributed by atoms with Gasteiger partial charge in [-0.15, -0.1) is 11.3 Å². The largest absolute Gasteiger partial charge is 0.389 e. The van der Waals surface area contributed by atoms with Crippen molar-refractivity contribution in [2.45, 2.75) is 26.8 Å². The van der Waals surface area contributed by atoms with Gasteiger partial charge in [0.1, 0.15) is 4.99 Å². The molecule has 0 fully saturated rings. The predicted octanol–water partition coefficient (Wildman–Crippen LogP) is 4.22. The molecule has 0 bridgehead atoms. The van der Waals surface area contributed by atoms with Crippen LogP contribution in [0.1, 0.15) is 34.1 Å². The third-order valence-electron chi connectivity index (χ3n) is 2.96. The highest BCUT2D eigenvalue weighted by molar-refractivity contribution is 7.80. The molecule has 1 aromatic carbocycles. The lowest BCUT2D eigenvalue weighted by molar-refractivity contribution is 0.889. The summed E-state index contributed by atoms with van der Waals surface area (Å²) in [7, 11) is 0. The Morgan fingerprint density at radius 2 is 2.15 bits per heavy atom. The number of thiocarbonyl (C=S) groups is 1. The lowest BCUT2D eigenvalue weighted by Crippen LogP contribution is -2.15. The third-order valence-corrected chi connectivity index (χ3v) is 4.74. The topological polar surface area (TPSA) is 50.9 Å². The van der Waals surface area contributed by atoms with E-state index in [4.69, 9.17) is 29.6 Å². The summed E-state index contributed by atoms with van der Waals surface area (Å²) in [4.78, 5) is 5.95. The summed E-state index contributed by atoms with van der Waals surface area (Å²) in [5, 5.41) is 5.05. The molecule has 3 nitrogen and oxygen atoms in total. The first-order valence-corrected chi connectivity index (χ1v) is 7.79. The van der Waals surface area contributed by atoms with Crippen LogP contribution in [0.2, 0.25) is 5.02 Å². The molecule has 1 heterocycles. The van der Waals surface area contributed by atoms with Gasteiger partial charge in [-0.1, -0.05) is 29.9 Å². The Labute approximate surface area is 133 Å². The minimum atomic E-state index is 0.118. The van der Waals surface area contributed by atoms with E-state index in [-0.39, 0.29) is 6.04 Å². The summed E-state index contributed by atoms with van der Waals surface area (Å²) >= 11 is 12.9. The number of benzene rings is 1. The van der Waals surface area contributed by atoms with Crippen molar-refractivity contribution < 1.29 is 0 Å². The van der Waals surface area contributed by atoms with E-state index in [0.717, 1.165) is 16.4 Å². The average molecular weight is 326 g/mol. The van der Waals surface area contributed by atoms with Gasteiger partial charge in [0.25, 0.3) is 0 Å². The van der Waals surface area contributed by atoms with Crippen molar-refractivity contribution >= 4 is 45.8 Å². The summed E-state index contributed by atoms with van der Waals surface area (Å²) in [5.74, 6) is 0. The summed E-state index contributed by atoms with van der Waals surface area (Å²) in [6, 6.07) is 5.71. The van der Waals surface area contributed by atoms with E-state index < -0.39 is 0 Å². The molecule has 0 aliphatic heterocycles. The number of hydrogen-bond acceptors (Lipinski definition) is 4. The van der Waals surface area contributed by atoms with Crippen molar-refractivity contribution in [3.8, 4) is 0 Å². The number of hydrogen-bond donors (Lipinski definition) is 2. The van der Waals surface area contributed by atoms with Crippen molar-refractivity contribution in [1.29, 1.82) is 0 Å². The highest BCUT2D eigenvalue weighted by atomic mass is 35.5. The van der Waals surface area contributed by atoms with Gasteiger partial charge in [0, 0.05) is 10.6 Å². The number of nitrogens with zero attached hydrogens (tertiary/aromatic N) is 1. The van der Waals surface area contributed by atoms with Crippen molar-refractivity contribution in [1.82, 2.24) is 4.98 Å². The maximum Gasteiger partial charge on any atom is 0.107 e. The predicted molar refractivity (Wildman–Crippen MR) is 91.0 cm³/mol. The number of aryl methyl sites for hydroxylation is 2. The van der Waals surface area contributed by atoms with Crippen LogP contribution in [0, 0.1) is 13.8 Å². The second-order valence-electron chi connectivity index (χ2n) is 4.58. The minimum Gasteiger partial charge on any atom is -0.389 e. The maximum atomic E-state index is 6.17. The van der Waals surface area contributed by atoms with Gasteiger partial charge in [-0.2, -0.15) is 0 Å². The Kier molecular flexibility index (Phi) is 4.62. The molecular weight excluding hydrogens is 310 g/mol. The van der Waals surface area contributed by atoms with E-state index in [1.54, 1.807) is 17.4 Å². The second kappa shape index (κ2) is 6.08. The average Bonchev–Trinajstić information content (AvgIpc) is 2.68. The fourth-order valence-electron chi connectivity index (χ4n) is 2.14. The highest BCUT2D eigenvalue weighted by Crippen LogP contribution is 2.31. The molecule has 2 aromatic rings. The first-order chi connectivity index (χ1) is 9.40. The summed E-state index contributed by atoms with van der Waals surface area (Å²) in [6.07, 6.45) is 0. The molecule has 0 aliphatic rings. The quantitative estimate of drug-likeness (QED) is 0.826. The van der Waals surface area contributed by atoms with E-state index in [1.807, 2.05) is 26.0 Å². The van der Waals surface area contributed by atoms with Gasteiger partial charge in [0.2, 0.25) is 0 Å². The van der Waals surface area contributed by atoms with Crippen molar-refractivity contribution in [2.75, 3.05) is 5.32 Å². The van der Waals surface area contributed by atoms with Crippen molar-refractivity contribution in [2.24, 2.45) is 5.73 Å². The SMILES string of the molecule is Cc1nc(C)c(C(C)Nc2cccc(Cl)c2C(N)=S)s1. The normalized spacial score (nSPS) is 12.2. The molecule has 0 saturated heterocycles. The molecule has 0 spiro atoms. The number of aromatic nitrogens is 1. The number of anilines is 1. The smallest absolute Gasteiger partial charge is 0.107 e. The standard InChI is InChI=1S/C14H16ClN3S2/c1-7-13(20-9(3)17-7)8(2)18-11-6-4-5-10(15)12(11)14(16)19/h4-6,8,18H,1-3H3,(H2,16,19). The Morgan fingerprint density at radius 3 is 2.70 bits per heavy atom. The van der Waals surface area contributed by atoms with Gasteiger partial charge < -0.3 is 11.1 Å². The zero-order valence-electron chi connectivity index (χ0n) is 11.5. The number of rotatable bonds is 4. The molecule has 0 saturated carbocycles. The van der Waals surface area contributed by atoms with Gasteiger partial charge in [0.15, 0.2) is 0 Å². The van der Waals surface area contributed by atoms with E-state index in [9.17, 15) is 0 Å². The summed E-state index contributed by atoms with van der Waals surface area (Å²) in [5.41, 5.74) is 8.35. The van der Waals surface area contributed by atoms with Crippen LogP contribution >= 0.6 is 35.2 Å². The monoisotopic (exact) mass is 325 g/mol. The number of thiazole rings is 1. The molecule has 20 heavy (non-hydrogen) atoms. The van der Waals surface area contributed by atoms with Crippen LogP contribution in [0.5, 0.6) is 0 Å². The molecule has 1 unspecified atom stereocenters. The third kappa shape index (κ3) is 3.11. The molecule has 3 N–H and O–H groups in total. The van der Waals surface area contributed by atoms with Gasteiger partial charge in [0.05, 0.1) is 27.3 Å². The molecule has 0 amide bonds. The van der Waals surface area contributed by atoms with Crippen LogP contribution in [0.3, 0.4) is 0 Å². The van der Waals surface area contributed by atoms with Crippen LogP contribution in [0.4, 0.5) is 5.69 Å². The molecule has 6 heteroatoms. The highest BCUT2D eigenvalue weighted by Gasteiger charge is 2.16. The first-order valence-electron chi connectivity index (χ1n) is 6.19. The van der Waals surface area contributed by atoms with Crippen molar-refractivity contribution in [3.63, 3.8) is 0 Å². The second-order valence-corrected chi connectivity index (χ2v) is 6.66. The number of nitrogens with one attached hydrogen (secondary N) is 1. The fraction of sp³-hybridized carbons (Fsp3) is 0.286. The lowest BCUT2D eigenvalue weighted by Gasteiger charge is -2.18. The molecule has 1 aromatic heterocycles. The Morgan fingerprint density at radius 1 is 1.45 bits per heavy atom. The molecule has 106 valence electrons. The molecule has 0 aliphatic carbocycles. The lowest BCUT2D eigenvalue weighted by atomic mass is 10.1. The molecule has 1 atom stereocenters. The van der Waals surface area contributed by atoms with Gasteiger partial charge in [-0.05, 0) is 32.9 Å². The van der Waals surface area contributed by atoms with Crippen LogP contribution in [0.15, 0.2) is 18.2 Å².